The highest BCUT2D eigenvalue weighted by atomic mass is 16.3. The third kappa shape index (κ3) is 2.99. The lowest BCUT2D eigenvalue weighted by Crippen LogP contribution is -2.30. The standard InChI is InChI=1S/C14H22N2O/c1-10(2)13(17)9-15-8-12-5-3-4-11-6-7-16-14(11)12/h3-5,10,13,15-17H,6-9H2,1-2H3. The summed E-state index contributed by atoms with van der Waals surface area (Å²) in [6, 6.07) is 6.44. The number of hydrogen-bond donors (Lipinski definition) is 3. The van der Waals surface area contributed by atoms with Crippen molar-refractivity contribution in [1.82, 2.24) is 5.32 Å². The van der Waals surface area contributed by atoms with E-state index in [-0.39, 0.29) is 6.10 Å². The van der Waals surface area contributed by atoms with E-state index >= 15 is 0 Å². The van der Waals surface area contributed by atoms with Crippen molar-refractivity contribution in [3.63, 3.8) is 0 Å². The van der Waals surface area contributed by atoms with Gasteiger partial charge in [0.25, 0.3) is 0 Å². The molecule has 0 amide bonds. The van der Waals surface area contributed by atoms with Crippen LogP contribution in [0.1, 0.15) is 25.0 Å². The number of fused-ring (bicyclic) bond motifs is 1. The number of anilines is 1. The quantitative estimate of drug-likeness (QED) is 0.727. The third-order valence-electron chi connectivity index (χ3n) is 3.37. The van der Waals surface area contributed by atoms with Gasteiger partial charge < -0.3 is 15.7 Å². The Labute approximate surface area is 103 Å². The second kappa shape index (κ2) is 5.52. The Balaban J connectivity index is 1.90. The fraction of sp³-hybridized carbons (Fsp3) is 0.571. The van der Waals surface area contributed by atoms with Crippen molar-refractivity contribution in [2.24, 2.45) is 5.92 Å². The molecule has 94 valence electrons. The maximum Gasteiger partial charge on any atom is 0.0687 e. The Morgan fingerprint density at radius 2 is 2.24 bits per heavy atom. The van der Waals surface area contributed by atoms with E-state index in [2.05, 4.69) is 28.8 Å². The molecule has 1 unspecified atom stereocenters. The number of nitrogens with one attached hydrogen (secondary N) is 2. The van der Waals surface area contributed by atoms with Gasteiger partial charge in [-0.25, -0.2) is 0 Å². The topological polar surface area (TPSA) is 44.3 Å². The molecule has 1 heterocycles. The molecule has 0 spiro atoms. The van der Waals surface area contributed by atoms with Crippen LogP contribution in [0.3, 0.4) is 0 Å². The summed E-state index contributed by atoms with van der Waals surface area (Å²) in [5.41, 5.74) is 4.00. The Morgan fingerprint density at radius 3 is 3.00 bits per heavy atom. The van der Waals surface area contributed by atoms with Gasteiger partial charge in [-0.15, -0.1) is 0 Å². The summed E-state index contributed by atoms with van der Waals surface area (Å²) in [5, 5.41) is 16.5. The highest BCUT2D eigenvalue weighted by Crippen LogP contribution is 2.26. The Hall–Kier alpha value is -1.06. The largest absolute Gasteiger partial charge is 0.392 e. The molecular weight excluding hydrogens is 212 g/mol. The molecule has 0 aliphatic carbocycles. The van der Waals surface area contributed by atoms with E-state index < -0.39 is 0 Å². The molecule has 0 radical (unpaired) electrons. The number of rotatable bonds is 5. The van der Waals surface area contributed by atoms with Gasteiger partial charge >= 0.3 is 0 Å². The lowest BCUT2D eigenvalue weighted by atomic mass is 10.1. The van der Waals surface area contributed by atoms with Crippen LogP contribution >= 0.6 is 0 Å². The van der Waals surface area contributed by atoms with Crippen LogP contribution in [-0.4, -0.2) is 24.3 Å². The van der Waals surface area contributed by atoms with Crippen molar-refractivity contribution in [1.29, 1.82) is 0 Å². The molecule has 0 saturated carbocycles. The van der Waals surface area contributed by atoms with Gasteiger partial charge in [-0.1, -0.05) is 32.0 Å². The molecule has 0 saturated heterocycles. The lowest BCUT2D eigenvalue weighted by Gasteiger charge is -2.16. The summed E-state index contributed by atoms with van der Waals surface area (Å²) in [4.78, 5) is 0. The zero-order chi connectivity index (χ0) is 12.3. The van der Waals surface area contributed by atoms with E-state index in [4.69, 9.17) is 0 Å². The molecule has 1 aromatic rings. The van der Waals surface area contributed by atoms with Gasteiger partial charge in [-0.2, -0.15) is 0 Å². The van der Waals surface area contributed by atoms with Crippen LogP contribution in [0, 0.1) is 5.92 Å². The van der Waals surface area contributed by atoms with E-state index in [0.29, 0.717) is 12.5 Å². The number of hydrogen-bond acceptors (Lipinski definition) is 3. The van der Waals surface area contributed by atoms with Crippen molar-refractivity contribution in [2.45, 2.75) is 32.9 Å². The fourth-order valence-electron chi connectivity index (χ4n) is 2.15. The summed E-state index contributed by atoms with van der Waals surface area (Å²) >= 11 is 0. The molecule has 0 fully saturated rings. The van der Waals surface area contributed by atoms with E-state index in [1.165, 1.54) is 16.8 Å². The van der Waals surface area contributed by atoms with Crippen molar-refractivity contribution in [3.8, 4) is 0 Å². The smallest absolute Gasteiger partial charge is 0.0687 e. The highest BCUT2D eigenvalue weighted by molar-refractivity contribution is 5.61. The molecule has 3 N–H and O–H groups in total. The molecule has 0 aromatic heterocycles. The van der Waals surface area contributed by atoms with Crippen LogP contribution in [-0.2, 0) is 13.0 Å². The number of aliphatic hydroxyl groups excluding tert-OH is 1. The van der Waals surface area contributed by atoms with Gasteiger partial charge in [0.05, 0.1) is 6.10 Å². The van der Waals surface area contributed by atoms with Crippen LogP contribution in [0.2, 0.25) is 0 Å². The van der Waals surface area contributed by atoms with Crippen LogP contribution in [0.5, 0.6) is 0 Å². The molecule has 1 aliphatic rings. The van der Waals surface area contributed by atoms with Crippen LogP contribution in [0.25, 0.3) is 0 Å². The SMILES string of the molecule is CC(C)C(O)CNCc1cccc2c1NCC2. The molecule has 0 bridgehead atoms. The van der Waals surface area contributed by atoms with Gasteiger partial charge in [0.15, 0.2) is 0 Å². The van der Waals surface area contributed by atoms with E-state index in [9.17, 15) is 5.11 Å². The molecule has 2 rings (SSSR count). The van der Waals surface area contributed by atoms with Crippen molar-refractivity contribution < 1.29 is 5.11 Å². The minimum Gasteiger partial charge on any atom is -0.392 e. The molecule has 3 heteroatoms. The Bertz CT molecular complexity index is 376. The third-order valence-corrected chi connectivity index (χ3v) is 3.37. The first-order valence-corrected chi connectivity index (χ1v) is 6.42. The Morgan fingerprint density at radius 1 is 1.41 bits per heavy atom. The summed E-state index contributed by atoms with van der Waals surface area (Å²) in [6.07, 6.45) is 0.859. The maximum atomic E-state index is 9.72. The average molecular weight is 234 g/mol. The molecule has 17 heavy (non-hydrogen) atoms. The van der Waals surface area contributed by atoms with Gasteiger partial charge in [-0.3, -0.25) is 0 Å². The summed E-state index contributed by atoms with van der Waals surface area (Å²) in [5.74, 6) is 0.308. The monoisotopic (exact) mass is 234 g/mol. The lowest BCUT2D eigenvalue weighted by molar-refractivity contribution is 0.123. The second-order valence-electron chi connectivity index (χ2n) is 5.07. The van der Waals surface area contributed by atoms with Crippen LogP contribution in [0.4, 0.5) is 5.69 Å². The minimum atomic E-state index is -0.264. The first-order chi connectivity index (χ1) is 8.18. The van der Waals surface area contributed by atoms with E-state index in [1.54, 1.807) is 0 Å². The van der Waals surface area contributed by atoms with Crippen LogP contribution in [0.15, 0.2) is 18.2 Å². The van der Waals surface area contributed by atoms with E-state index in [0.717, 1.165) is 19.5 Å². The van der Waals surface area contributed by atoms with Crippen LogP contribution < -0.4 is 10.6 Å². The predicted molar refractivity (Wildman–Crippen MR) is 71.2 cm³/mol. The zero-order valence-electron chi connectivity index (χ0n) is 10.7. The van der Waals surface area contributed by atoms with Crippen molar-refractivity contribution in [3.05, 3.63) is 29.3 Å². The maximum absolute atomic E-state index is 9.72. The predicted octanol–water partition coefficient (Wildman–Crippen LogP) is 1.76. The molecule has 1 aromatic carbocycles. The average Bonchev–Trinajstić information content (AvgIpc) is 2.77. The van der Waals surface area contributed by atoms with Crippen molar-refractivity contribution in [2.75, 3.05) is 18.4 Å². The fourth-order valence-corrected chi connectivity index (χ4v) is 2.15. The number of benzene rings is 1. The first kappa shape index (κ1) is 12.4. The number of aliphatic hydroxyl groups is 1. The molecular formula is C14H22N2O. The van der Waals surface area contributed by atoms with Gasteiger partial charge in [0.1, 0.15) is 0 Å². The highest BCUT2D eigenvalue weighted by Gasteiger charge is 2.14. The summed E-state index contributed by atoms with van der Waals surface area (Å²) < 4.78 is 0. The molecule has 1 aliphatic heterocycles. The van der Waals surface area contributed by atoms with E-state index in [1.807, 2.05) is 13.8 Å². The van der Waals surface area contributed by atoms with Gasteiger partial charge in [0, 0.05) is 25.3 Å². The van der Waals surface area contributed by atoms with Crippen molar-refractivity contribution >= 4 is 5.69 Å². The summed E-state index contributed by atoms with van der Waals surface area (Å²) in [6.45, 7) is 6.59. The van der Waals surface area contributed by atoms with Gasteiger partial charge in [0.2, 0.25) is 0 Å². The number of para-hydroxylation sites is 1. The molecule has 1 atom stereocenters. The molecule has 3 nitrogen and oxygen atoms in total. The normalized spacial score (nSPS) is 15.8. The first-order valence-electron chi connectivity index (χ1n) is 6.42. The Kier molecular flexibility index (Phi) is 4.02. The van der Waals surface area contributed by atoms with Gasteiger partial charge in [-0.05, 0) is 23.5 Å². The summed E-state index contributed by atoms with van der Waals surface area (Å²) in [7, 11) is 0. The second-order valence-corrected chi connectivity index (χ2v) is 5.07. The zero-order valence-corrected chi connectivity index (χ0v) is 10.7. The minimum absolute atomic E-state index is 0.264.